The topological polar surface area (TPSA) is 79.3 Å². The van der Waals surface area contributed by atoms with Crippen LogP contribution in [0.2, 0.25) is 5.02 Å². The quantitative estimate of drug-likeness (QED) is 0.428. The molecule has 0 bridgehead atoms. The summed E-state index contributed by atoms with van der Waals surface area (Å²) in [7, 11) is 1.38. The molecule has 8 heteroatoms. The van der Waals surface area contributed by atoms with Gasteiger partial charge in [0, 0.05) is 44.7 Å². The van der Waals surface area contributed by atoms with Gasteiger partial charge >= 0.3 is 5.97 Å². The van der Waals surface area contributed by atoms with Crippen molar-refractivity contribution in [1.29, 1.82) is 0 Å². The fourth-order valence-electron chi connectivity index (χ4n) is 4.57. The highest BCUT2D eigenvalue weighted by Crippen LogP contribution is 2.30. The molecule has 1 amide bonds. The summed E-state index contributed by atoms with van der Waals surface area (Å²) in [6, 6.07) is 25.5. The smallest absolute Gasteiger partial charge is 0.333 e. The molecule has 1 saturated heterocycles. The number of aliphatic carboxylic acids is 1. The van der Waals surface area contributed by atoms with Gasteiger partial charge in [-0.25, -0.2) is 4.79 Å². The van der Waals surface area contributed by atoms with E-state index < -0.39 is 12.1 Å². The predicted octanol–water partition coefficient (Wildman–Crippen LogP) is 4.29. The Balaban J connectivity index is 1.32. The summed E-state index contributed by atoms with van der Waals surface area (Å²) in [5.74, 6) is -0.500. The van der Waals surface area contributed by atoms with Gasteiger partial charge in [0.25, 0.3) is 5.91 Å². The van der Waals surface area contributed by atoms with E-state index >= 15 is 0 Å². The summed E-state index contributed by atoms with van der Waals surface area (Å²) >= 11 is 6.12. The lowest BCUT2D eigenvalue weighted by Gasteiger charge is -2.39. The van der Waals surface area contributed by atoms with E-state index in [1.807, 2.05) is 35.2 Å². The summed E-state index contributed by atoms with van der Waals surface area (Å²) in [6.45, 7) is 2.67. The van der Waals surface area contributed by atoms with Crippen molar-refractivity contribution in [3.8, 4) is 5.75 Å². The Hall–Kier alpha value is -3.39. The van der Waals surface area contributed by atoms with E-state index in [-0.39, 0.29) is 25.0 Å². The van der Waals surface area contributed by atoms with Gasteiger partial charge in [-0.1, -0.05) is 66.2 Å². The third kappa shape index (κ3) is 7.10. The molecule has 0 radical (unpaired) electrons. The monoisotopic (exact) mass is 522 g/mol. The lowest BCUT2D eigenvalue weighted by Crippen LogP contribution is -2.51. The maximum Gasteiger partial charge on any atom is 0.333 e. The standard InChI is InChI=1S/C29H31ClN2O5/c1-36-26(29(34)35)19-21-7-13-25(14-8-21)37-20-27(33)31-15-17-32(18-16-31)28(22-5-3-2-4-6-22)23-9-11-24(30)12-10-23/h2-14,26,28H,15-20H2,1H3,(H,34,35)/t26-,28?/m0/s1. The van der Waals surface area contributed by atoms with Crippen molar-refractivity contribution in [3.05, 3.63) is 101 Å². The van der Waals surface area contributed by atoms with Crippen molar-refractivity contribution >= 4 is 23.5 Å². The van der Waals surface area contributed by atoms with Gasteiger partial charge in [0.05, 0.1) is 6.04 Å². The zero-order valence-corrected chi connectivity index (χ0v) is 21.5. The number of amides is 1. The van der Waals surface area contributed by atoms with Gasteiger partial charge in [0.2, 0.25) is 0 Å². The van der Waals surface area contributed by atoms with Crippen LogP contribution in [0.3, 0.4) is 0 Å². The van der Waals surface area contributed by atoms with Crippen LogP contribution in [0.15, 0.2) is 78.9 Å². The highest BCUT2D eigenvalue weighted by atomic mass is 35.5. The molecular weight excluding hydrogens is 492 g/mol. The van der Waals surface area contributed by atoms with E-state index in [9.17, 15) is 9.59 Å². The molecule has 1 unspecified atom stereocenters. The number of carbonyl (C=O) groups is 2. The number of benzene rings is 3. The molecule has 1 N–H and O–H groups in total. The highest BCUT2D eigenvalue weighted by molar-refractivity contribution is 6.30. The summed E-state index contributed by atoms with van der Waals surface area (Å²) in [6.07, 6.45) is -0.636. The zero-order chi connectivity index (χ0) is 26.2. The third-order valence-electron chi connectivity index (χ3n) is 6.60. The molecule has 1 aliphatic heterocycles. The largest absolute Gasteiger partial charge is 0.484 e. The van der Waals surface area contributed by atoms with E-state index in [1.165, 1.54) is 18.2 Å². The Bertz CT molecular complexity index is 1160. The molecule has 0 spiro atoms. The molecule has 194 valence electrons. The lowest BCUT2D eigenvalue weighted by molar-refractivity contribution is -0.148. The zero-order valence-electron chi connectivity index (χ0n) is 20.8. The van der Waals surface area contributed by atoms with Gasteiger partial charge in [-0.2, -0.15) is 0 Å². The summed E-state index contributed by atoms with van der Waals surface area (Å²) in [4.78, 5) is 28.2. The molecule has 1 aliphatic rings. The van der Waals surface area contributed by atoms with Crippen LogP contribution in [0, 0.1) is 0 Å². The van der Waals surface area contributed by atoms with Crippen LogP contribution < -0.4 is 4.74 Å². The van der Waals surface area contributed by atoms with Gasteiger partial charge in [-0.15, -0.1) is 0 Å². The van der Waals surface area contributed by atoms with Crippen LogP contribution >= 0.6 is 11.6 Å². The van der Waals surface area contributed by atoms with E-state index in [1.54, 1.807) is 24.3 Å². The molecule has 37 heavy (non-hydrogen) atoms. The number of carboxylic acids is 1. The molecule has 2 atom stereocenters. The number of ether oxygens (including phenoxy) is 2. The number of methoxy groups -OCH3 is 1. The minimum Gasteiger partial charge on any atom is -0.484 e. The van der Waals surface area contributed by atoms with Crippen molar-refractivity contribution in [1.82, 2.24) is 9.80 Å². The molecule has 4 rings (SSSR count). The fourth-order valence-corrected chi connectivity index (χ4v) is 4.69. The van der Waals surface area contributed by atoms with E-state index in [4.69, 9.17) is 26.2 Å². The SMILES string of the molecule is CO[C@@H](Cc1ccc(OCC(=O)N2CCN(C(c3ccccc3)c3ccc(Cl)cc3)CC2)cc1)C(=O)O. The second-order valence-electron chi connectivity index (χ2n) is 8.98. The van der Waals surface area contributed by atoms with Crippen LogP contribution in [0.4, 0.5) is 0 Å². The van der Waals surface area contributed by atoms with Gasteiger partial charge in [0.1, 0.15) is 5.75 Å². The van der Waals surface area contributed by atoms with Crippen LogP contribution in [-0.4, -0.2) is 72.8 Å². The number of carbonyl (C=O) groups excluding carboxylic acids is 1. The molecule has 3 aromatic carbocycles. The molecule has 0 aromatic heterocycles. The van der Waals surface area contributed by atoms with E-state index in [0.717, 1.165) is 18.7 Å². The Morgan fingerprint density at radius 1 is 0.892 bits per heavy atom. The number of nitrogens with zero attached hydrogens (tertiary/aromatic N) is 2. The number of piperazine rings is 1. The van der Waals surface area contributed by atoms with Crippen molar-refractivity contribution in [3.63, 3.8) is 0 Å². The number of halogens is 1. The molecule has 0 aliphatic carbocycles. The normalized spacial score (nSPS) is 15.7. The summed E-state index contributed by atoms with van der Waals surface area (Å²) < 4.78 is 10.7. The number of hydrogen-bond donors (Lipinski definition) is 1. The van der Waals surface area contributed by atoms with Gasteiger partial charge in [-0.05, 0) is 41.0 Å². The average molecular weight is 523 g/mol. The van der Waals surface area contributed by atoms with E-state index in [0.29, 0.717) is 23.9 Å². The molecule has 1 fully saturated rings. The summed E-state index contributed by atoms with van der Waals surface area (Å²) in [5.41, 5.74) is 3.19. The number of rotatable bonds is 10. The molecule has 0 saturated carbocycles. The average Bonchev–Trinajstić information content (AvgIpc) is 2.93. The molecule has 3 aromatic rings. The van der Waals surface area contributed by atoms with Gasteiger partial charge < -0.3 is 19.5 Å². The van der Waals surface area contributed by atoms with E-state index in [2.05, 4.69) is 29.2 Å². The Morgan fingerprint density at radius 2 is 1.51 bits per heavy atom. The fraction of sp³-hybridized carbons (Fsp3) is 0.310. The van der Waals surface area contributed by atoms with Crippen molar-refractivity contribution < 1.29 is 24.2 Å². The first-order chi connectivity index (χ1) is 17.9. The first-order valence-corrected chi connectivity index (χ1v) is 12.6. The Morgan fingerprint density at radius 3 is 2.11 bits per heavy atom. The minimum absolute atomic E-state index is 0.0472. The summed E-state index contributed by atoms with van der Waals surface area (Å²) in [5, 5.41) is 9.84. The van der Waals surface area contributed by atoms with Gasteiger partial charge in [-0.3, -0.25) is 9.69 Å². The first kappa shape index (κ1) is 26.7. The maximum atomic E-state index is 12.8. The first-order valence-electron chi connectivity index (χ1n) is 12.2. The van der Waals surface area contributed by atoms with Crippen molar-refractivity contribution in [2.75, 3.05) is 39.9 Å². The lowest BCUT2D eigenvalue weighted by atomic mass is 9.96. The van der Waals surface area contributed by atoms with Crippen molar-refractivity contribution in [2.24, 2.45) is 0 Å². The molecule has 1 heterocycles. The molecular formula is C29H31ClN2O5. The highest BCUT2D eigenvalue weighted by Gasteiger charge is 2.28. The third-order valence-corrected chi connectivity index (χ3v) is 6.85. The maximum absolute atomic E-state index is 12.8. The van der Waals surface area contributed by atoms with Crippen molar-refractivity contribution in [2.45, 2.75) is 18.6 Å². The van der Waals surface area contributed by atoms with Gasteiger partial charge in [0.15, 0.2) is 12.7 Å². The van der Waals surface area contributed by atoms with Crippen LogP contribution in [-0.2, 0) is 20.7 Å². The predicted molar refractivity (Wildman–Crippen MR) is 142 cm³/mol. The second kappa shape index (κ2) is 12.7. The molecule has 7 nitrogen and oxygen atoms in total. The van der Waals surface area contributed by atoms with Crippen LogP contribution in [0.5, 0.6) is 5.75 Å². The number of carboxylic acid groups (broad SMARTS) is 1. The number of hydrogen-bond acceptors (Lipinski definition) is 5. The Kier molecular flexibility index (Phi) is 9.17. The Labute approximate surface area is 222 Å². The second-order valence-corrected chi connectivity index (χ2v) is 9.42. The minimum atomic E-state index is -1.00. The van der Waals surface area contributed by atoms with Crippen LogP contribution in [0.25, 0.3) is 0 Å². The van der Waals surface area contributed by atoms with Crippen LogP contribution in [0.1, 0.15) is 22.7 Å².